The Bertz CT molecular complexity index is 814. The fraction of sp³-hybridized carbons (Fsp3) is 0. The highest BCUT2D eigenvalue weighted by molar-refractivity contribution is 6.05. The highest BCUT2D eigenvalue weighted by atomic mass is 16.1. The minimum Gasteiger partial charge on any atom is -0.320 e. The van der Waals surface area contributed by atoms with E-state index in [1.54, 1.807) is 18.2 Å². The van der Waals surface area contributed by atoms with Gasteiger partial charge in [-0.25, -0.2) is 0 Å². The monoisotopic (exact) mass is 301 g/mol. The molecule has 0 aliphatic carbocycles. The van der Waals surface area contributed by atoms with Crippen molar-refractivity contribution >= 4 is 23.0 Å². The lowest BCUT2D eigenvalue weighted by Gasteiger charge is -2.07. The molecule has 0 aromatic heterocycles. The Morgan fingerprint density at radius 1 is 0.696 bits per heavy atom. The molecule has 0 fully saturated rings. The van der Waals surface area contributed by atoms with Crippen molar-refractivity contribution < 1.29 is 4.79 Å². The Morgan fingerprint density at radius 3 is 2.04 bits per heavy atom. The predicted molar refractivity (Wildman–Crippen MR) is 91.5 cm³/mol. The Labute approximate surface area is 134 Å². The highest BCUT2D eigenvalue weighted by Gasteiger charge is 2.08. The van der Waals surface area contributed by atoms with Crippen molar-refractivity contribution in [2.24, 2.45) is 10.2 Å². The van der Waals surface area contributed by atoms with Gasteiger partial charge in [-0.1, -0.05) is 48.5 Å². The number of hydrogen-bond donors (Lipinski definition) is 1. The maximum Gasteiger partial charge on any atom is 0.255 e. The standard InChI is InChI=1S/C19H15N3O/c23-19(15-9-3-1-4-10-15)20-17-13-7-8-14-18(17)22-21-16-11-5-2-6-12-16/h1-14H,(H,20,23). The Kier molecular flexibility index (Phi) is 4.55. The van der Waals surface area contributed by atoms with Gasteiger partial charge >= 0.3 is 0 Å². The Morgan fingerprint density at radius 2 is 1.30 bits per heavy atom. The second-order valence-electron chi connectivity index (χ2n) is 4.87. The minimum absolute atomic E-state index is 0.173. The van der Waals surface area contributed by atoms with Crippen molar-refractivity contribution in [3.8, 4) is 0 Å². The lowest BCUT2D eigenvalue weighted by atomic mass is 10.2. The Balaban J connectivity index is 1.81. The third-order valence-corrected chi connectivity index (χ3v) is 3.22. The van der Waals surface area contributed by atoms with E-state index in [2.05, 4.69) is 15.5 Å². The molecular formula is C19H15N3O. The number of anilines is 1. The normalized spacial score (nSPS) is 10.6. The van der Waals surface area contributed by atoms with Crippen molar-refractivity contribution in [1.82, 2.24) is 0 Å². The van der Waals surface area contributed by atoms with Crippen LogP contribution in [0.4, 0.5) is 17.1 Å². The molecule has 23 heavy (non-hydrogen) atoms. The van der Waals surface area contributed by atoms with Gasteiger partial charge in [-0.15, -0.1) is 5.11 Å². The van der Waals surface area contributed by atoms with E-state index in [1.165, 1.54) is 0 Å². The van der Waals surface area contributed by atoms with Crippen LogP contribution in [-0.2, 0) is 0 Å². The molecular weight excluding hydrogens is 286 g/mol. The number of carbonyl (C=O) groups excluding carboxylic acids is 1. The van der Waals surface area contributed by atoms with Gasteiger partial charge in [0.15, 0.2) is 0 Å². The van der Waals surface area contributed by atoms with E-state index in [9.17, 15) is 4.79 Å². The first-order chi connectivity index (χ1) is 11.3. The van der Waals surface area contributed by atoms with Gasteiger partial charge in [0.2, 0.25) is 0 Å². The van der Waals surface area contributed by atoms with E-state index in [0.717, 1.165) is 5.69 Å². The van der Waals surface area contributed by atoms with Crippen molar-refractivity contribution in [2.45, 2.75) is 0 Å². The zero-order valence-electron chi connectivity index (χ0n) is 12.4. The molecule has 0 saturated carbocycles. The van der Waals surface area contributed by atoms with Crippen molar-refractivity contribution in [1.29, 1.82) is 0 Å². The minimum atomic E-state index is -0.173. The number of benzene rings is 3. The summed E-state index contributed by atoms with van der Waals surface area (Å²) in [5.74, 6) is -0.173. The van der Waals surface area contributed by atoms with Crippen LogP contribution in [0.1, 0.15) is 10.4 Å². The fourth-order valence-electron chi connectivity index (χ4n) is 2.06. The molecule has 0 heterocycles. The van der Waals surface area contributed by atoms with E-state index in [4.69, 9.17) is 0 Å². The summed E-state index contributed by atoms with van der Waals surface area (Å²) in [5, 5.41) is 11.3. The van der Waals surface area contributed by atoms with Gasteiger partial charge in [-0.05, 0) is 36.4 Å². The fourth-order valence-corrected chi connectivity index (χ4v) is 2.06. The molecule has 0 spiro atoms. The van der Waals surface area contributed by atoms with E-state index < -0.39 is 0 Å². The number of hydrogen-bond acceptors (Lipinski definition) is 3. The van der Waals surface area contributed by atoms with Crippen molar-refractivity contribution in [3.63, 3.8) is 0 Å². The van der Waals surface area contributed by atoms with E-state index in [-0.39, 0.29) is 5.91 Å². The third-order valence-electron chi connectivity index (χ3n) is 3.22. The summed E-state index contributed by atoms with van der Waals surface area (Å²) in [4.78, 5) is 12.3. The van der Waals surface area contributed by atoms with Gasteiger partial charge in [0.25, 0.3) is 5.91 Å². The first kappa shape index (κ1) is 14.7. The number of azo groups is 1. The van der Waals surface area contributed by atoms with E-state index >= 15 is 0 Å². The molecule has 0 atom stereocenters. The lowest BCUT2D eigenvalue weighted by molar-refractivity contribution is 0.102. The van der Waals surface area contributed by atoms with Gasteiger partial charge in [0.1, 0.15) is 5.69 Å². The largest absolute Gasteiger partial charge is 0.320 e. The average molecular weight is 301 g/mol. The van der Waals surface area contributed by atoms with Crippen LogP contribution < -0.4 is 5.32 Å². The molecule has 3 aromatic carbocycles. The van der Waals surface area contributed by atoms with Crippen LogP contribution in [0.5, 0.6) is 0 Å². The van der Waals surface area contributed by atoms with Gasteiger partial charge < -0.3 is 5.32 Å². The molecule has 3 rings (SSSR count). The first-order valence-corrected chi connectivity index (χ1v) is 7.25. The number of rotatable bonds is 4. The van der Waals surface area contributed by atoms with Crippen LogP contribution in [0.25, 0.3) is 0 Å². The molecule has 112 valence electrons. The van der Waals surface area contributed by atoms with Gasteiger partial charge in [0.05, 0.1) is 11.4 Å². The van der Waals surface area contributed by atoms with Crippen LogP contribution in [-0.4, -0.2) is 5.91 Å². The van der Waals surface area contributed by atoms with Crippen LogP contribution >= 0.6 is 0 Å². The zero-order chi connectivity index (χ0) is 15.9. The molecule has 3 aromatic rings. The summed E-state index contributed by atoms with van der Waals surface area (Å²) < 4.78 is 0. The summed E-state index contributed by atoms with van der Waals surface area (Å²) in [6.07, 6.45) is 0. The molecule has 1 N–H and O–H groups in total. The summed E-state index contributed by atoms with van der Waals surface area (Å²) >= 11 is 0. The van der Waals surface area contributed by atoms with Crippen LogP contribution in [0.15, 0.2) is 95.2 Å². The summed E-state index contributed by atoms with van der Waals surface area (Å²) in [6.45, 7) is 0. The molecule has 4 heteroatoms. The molecule has 1 amide bonds. The molecule has 4 nitrogen and oxygen atoms in total. The molecule has 0 bridgehead atoms. The van der Waals surface area contributed by atoms with Crippen LogP contribution in [0, 0.1) is 0 Å². The maximum absolute atomic E-state index is 12.3. The number of amides is 1. The summed E-state index contributed by atoms with van der Waals surface area (Å²) in [5.41, 5.74) is 2.60. The molecule has 0 radical (unpaired) electrons. The van der Waals surface area contributed by atoms with Gasteiger partial charge in [0, 0.05) is 5.56 Å². The number of nitrogens with one attached hydrogen (secondary N) is 1. The SMILES string of the molecule is O=C(Nc1ccccc1N=Nc1ccccc1)c1ccccc1. The van der Waals surface area contributed by atoms with Gasteiger partial charge in [-0.2, -0.15) is 5.11 Å². The lowest BCUT2D eigenvalue weighted by Crippen LogP contribution is -2.11. The second-order valence-corrected chi connectivity index (χ2v) is 4.87. The first-order valence-electron chi connectivity index (χ1n) is 7.25. The van der Waals surface area contributed by atoms with E-state index in [0.29, 0.717) is 16.9 Å². The third kappa shape index (κ3) is 3.89. The zero-order valence-corrected chi connectivity index (χ0v) is 12.4. The predicted octanol–water partition coefficient (Wildman–Crippen LogP) is 5.35. The molecule has 0 aliphatic heterocycles. The smallest absolute Gasteiger partial charge is 0.255 e. The topological polar surface area (TPSA) is 53.8 Å². The number of nitrogens with zero attached hydrogens (tertiary/aromatic N) is 2. The van der Waals surface area contributed by atoms with Crippen LogP contribution in [0.2, 0.25) is 0 Å². The maximum atomic E-state index is 12.3. The van der Waals surface area contributed by atoms with Crippen molar-refractivity contribution in [2.75, 3.05) is 5.32 Å². The summed E-state index contributed by atoms with van der Waals surface area (Å²) in [6, 6.07) is 25.9. The average Bonchev–Trinajstić information content (AvgIpc) is 2.62. The molecule has 0 aliphatic rings. The van der Waals surface area contributed by atoms with Crippen LogP contribution in [0.3, 0.4) is 0 Å². The molecule has 0 saturated heterocycles. The quantitative estimate of drug-likeness (QED) is 0.648. The Hall–Kier alpha value is -3.27. The number of para-hydroxylation sites is 1. The highest BCUT2D eigenvalue weighted by Crippen LogP contribution is 2.27. The summed E-state index contributed by atoms with van der Waals surface area (Å²) in [7, 11) is 0. The van der Waals surface area contributed by atoms with Gasteiger partial charge in [-0.3, -0.25) is 4.79 Å². The van der Waals surface area contributed by atoms with E-state index in [1.807, 2.05) is 66.7 Å². The number of carbonyl (C=O) groups is 1. The molecule has 0 unspecified atom stereocenters. The van der Waals surface area contributed by atoms with Crippen molar-refractivity contribution in [3.05, 3.63) is 90.5 Å². The second kappa shape index (κ2) is 7.13.